The Bertz CT molecular complexity index is 1520. The number of carbonyl (C=O) groups excluding carboxylic acids is 3. The molecular formula is C69H116O6. The lowest BCUT2D eigenvalue weighted by Gasteiger charge is -2.18. The van der Waals surface area contributed by atoms with Crippen LogP contribution < -0.4 is 0 Å². The summed E-state index contributed by atoms with van der Waals surface area (Å²) in [5, 5.41) is 0. The van der Waals surface area contributed by atoms with Crippen LogP contribution in [-0.4, -0.2) is 37.2 Å². The van der Waals surface area contributed by atoms with Gasteiger partial charge in [-0.25, -0.2) is 0 Å². The summed E-state index contributed by atoms with van der Waals surface area (Å²) in [4.78, 5) is 38.3. The Morgan fingerprint density at radius 1 is 0.280 bits per heavy atom. The normalized spacial score (nSPS) is 12.8. The van der Waals surface area contributed by atoms with E-state index in [1.807, 2.05) is 0 Å². The molecule has 1 unspecified atom stereocenters. The fraction of sp³-hybridized carbons (Fsp3) is 0.696. The lowest BCUT2D eigenvalue weighted by atomic mass is 10.1. The van der Waals surface area contributed by atoms with E-state index >= 15 is 0 Å². The summed E-state index contributed by atoms with van der Waals surface area (Å²) in [7, 11) is 0. The van der Waals surface area contributed by atoms with E-state index in [9.17, 15) is 14.4 Å². The molecule has 75 heavy (non-hydrogen) atoms. The number of ether oxygens (including phenoxy) is 3. The van der Waals surface area contributed by atoms with Crippen molar-refractivity contribution in [3.63, 3.8) is 0 Å². The smallest absolute Gasteiger partial charge is 0.306 e. The molecular weight excluding hydrogens is 925 g/mol. The summed E-state index contributed by atoms with van der Waals surface area (Å²) in [6.07, 6.45) is 85.1. The van der Waals surface area contributed by atoms with Crippen molar-refractivity contribution in [2.75, 3.05) is 13.2 Å². The molecule has 0 aromatic heterocycles. The first-order chi connectivity index (χ1) is 37.0. The highest BCUT2D eigenvalue weighted by Crippen LogP contribution is 2.15. The number of carbonyl (C=O) groups is 3. The Hall–Kier alpha value is -3.93. The van der Waals surface area contributed by atoms with E-state index in [1.165, 1.54) is 141 Å². The SMILES string of the molecule is CC/C=C\C/C=C\C/C=C\C/C=C\C/C=C\C/C=C\CCCCC(=O)OCC(COC(=O)CCCCCCCCC/C=C\C/C=C\CCCCC)OC(=O)CCCCCCCCCCC/C=C\CCCCCCCC. The lowest BCUT2D eigenvalue weighted by molar-refractivity contribution is -0.167. The molecule has 6 nitrogen and oxygen atoms in total. The highest BCUT2D eigenvalue weighted by Gasteiger charge is 2.19. The van der Waals surface area contributed by atoms with Gasteiger partial charge >= 0.3 is 17.9 Å². The van der Waals surface area contributed by atoms with Gasteiger partial charge in [0.15, 0.2) is 6.10 Å². The van der Waals surface area contributed by atoms with Crippen LogP contribution in [0.25, 0.3) is 0 Å². The third kappa shape index (κ3) is 60.8. The van der Waals surface area contributed by atoms with E-state index in [4.69, 9.17) is 14.2 Å². The van der Waals surface area contributed by atoms with Crippen LogP contribution in [0.5, 0.6) is 0 Å². The largest absolute Gasteiger partial charge is 0.462 e. The second kappa shape index (κ2) is 62.6. The summed E-state index contributed by atoms with van der Waals surface area (Å²) < 4.78 is 16.9. The molecule has 0 heterocycles. The first-order valence-corrected chi connectivity index (χ1v) is 31.4. The van der Waals surface area contributed by atoms with Gasteiger partial charge in [-0.15, -0.1) is 0 Å². The van der Waals surface area contributed by atoms with Crippen molar-refractivity contribution in [2.24, 2.45) is 0 Å². The average Bonchev–Trinajstić information content (AvgIpc) is 3.41. The van der Waals surface area contributed by atoms with Crippen LogP contribution in [0.3, 0.4) is 0 Å². The van der Waals surface area contributed by atoms with Gasteiger partial charge in [-0.2, -0.15) is 0 Å². The maximum absolute atomic E-state index is 12.9. The van der Waals surface area contributed by atoms with E-state index in [-0.39, 0.29) is 31.1 Å². The van der Waals surface area contributed by atoms with Crippen LogP contribution in [0.15, 0.2) is 109 Å². The Kier molecular flexibility index (Phi) is 59.3. The minimum atomic E-state index is -0.804. The maximum atomic E-state index is 12.9. The van der Waals surface area contributed by atoms with Crippen LogP contribution in [0.2, 0.25) is 0 Å². The maximum Gasteiger partial charge on any atom is 0.306 e. The predicted molar refractivity (Wildman–Crippen MR) is 325 cm³/mol. The molecule has 0 aromatic rings. The standard InChI is InChI=1S/C69H116O6/c1-4-7-10-13-16-19-22-25-28-31-33-34-36-38-41-44-47-50-53-56-59-62-68(71)74-65-66(64-73-67(70)61-58-55-52-49-46-43-40-37-30-27-24-21-18-15-12-9-6-3)75-69(72)63-60-57-54-51-48-45-42-39-35-32-29-26-23-20-17-14-11-8-5-2/h7,10,16,18-19,21,25-30,33-34,38,41,47,50,66H,4-6,8-9,11-15,17,20,22-24,31-32,35-37,39-40,42-46,48-49,51-65H2,1-3H3/b10-7-,19-16-,21-18-,28-25-,29-26-,30-27-,34-33-,41-38-,50-47-. The zero-order valence-corrected chi connectivity index (χ0v) is 49.0. The van der Waals surface area contributed by atoms with E-state index in [2.05, 4.69) is 130 Å². The lowest BCUT2D eigenvalue weighted by Crippen LogP contribution is -2.30. The van der Waals surface area contributed by atoms with Crippen molar-refractivity contribution in [3.8, 4) is 0 Å². The minimum absolute atomic E-state index is 0.0975. The fourth-order valence-electron chi connectivity index (χ4n) is 8.53. The van der Waals surface area contributed by atoms with Crippen LogP contribution in [-0.2, 0) is 28.6 Å². The zero-order chi connectivity index (χ0) is 54.3. The van der Waals surface area contributed by atoms with E-state index < -0.39 is 6.10 Å². The molecule has 0 saturated heterocycles. The minimum Gasteiger partial charge on any atom is -0.462 e. The Balaban J connectivity index is 4.48. The molecule has 0 fully saturated rings. The van der Waals surface area contributed by atoms with E-state index in [1.54, 1.807) is 0 Å². The molecule has 0 saturated carbocycles. The van der Waals surface area contributed by atoms with Gasteiger partial charge < -0.3 is 14.2 Å². The number of allylic oxidation sites excluding steroid dienone is 18. The number of esters is 3. The van der Waals surface area contributed by atoms with Crippen molar-refractivity contribution < 1.29 is 28.6 Å². The molecule has 6 heteroatoms. The summed E-state index contributed by atoms with van der Waals surface area (Å²) in [6.45, 7) is 6.47. The van der Waals surface area contributed by atoms with Crippen molar-refractivity contribution in [2.45, 2.75) is 297 Å². The number of hydrogen-bond acceptors (Lipinski definition) is 6. The van der Waals surface area contributed by atoms with Crippen LogP contribution >= 0.6 is 0 Å². The molecule has 0 amide bonds. The Morgan fingerprint density at radius 2 is 0.520 bits per heavy atom. The van der Waals surface area contributed by atoms with Gasteiger partial charge in [0.2, 0.25) is 0 Å². The monoisotopic (exact) mass is 1040 g/mol. The topological polar surface area (TPSA) is 78.9 Å². The second-order valence-corrected chi connectivity index (χ2v) is 20.6. The molecule has 0 N–H and O–H groups in total. The predicted octanol–water partition coefficient (Wildman–Crippen LogP) is 21.4. The van der Waals surface area contributed by atoms with E-state index in [0.717, 1.165) is 109 Å². The second-order valence-electron chi connectivity index (χ2n) is 20.6. The molecule has 0 aliphatic heterocycles. The fourth-order valence-corrected chi connectivity index (χ4v) is 8.53. The van der Waals surface area contributed by atoms with Crippen LogP contribution in [0.1, 0.15) is 290 Å². The molecule has 0 aliphatic rings. The third-order valence-electron chi connectivity index (χ3n) is 13.2. The van der Waals surface area contributed by atoms with Gasteiger partial charge in [0.1, 0.15) is 13.2 Å². The van der Waals surface area contributed by atoms with Gasteiger partial charge in [0.05, 0.1) is 0 Å². The number of rotatable bonds is 56. The molecule has 0 aliphatic carbocycles. The summed E-state index contributed by atoms with van der Waals surface area (Å²) in [6, 6.07) is 0. The number of unbranched alkanes of at least 4 members (excludes halogenated alkanes) is 27. The van der Waals surface area contributed by atoms with Gasteiger partial charge in [0.25, 0.3) is 0 Å². The summed E-state index contributed by atoms with van der Waals surface area (Å²) in [5.41, 5.74) is 0. The Labute approximate surface area is 463 Å². The van der Waals surface area contributed by atoms with Crippen LogP contribution in [0, 0.1) is 0 Å². The van der Waals surface area contributed by atoms with Gasteiger partial charge in [0, 0.05) is 19.3 Å². The highest BCUT2D eigenvalue weighted by atomic mass is 16.6. The molecule has 0 spiro atoms. The van der Waals surface area contributed by atoms with Crippen LogP contribution in [0.4, 0.5) is 0 Å². The summed E-state index contributed by atoms with van der Waals surface area (Å²) in [5.74, 6) is -0.945. The average molecular weight is 1040 g/mol. The van der Waals surface area contributed by atoms with Gasteiger partial charge in [-0.1, -0.05) is 252 Å². The van der Waals surface area contributed by atoms with Crippen molar-refractivity contribution in [1.29, 1.82) is 0 Å². The summed E-state index contributed by atoms with van der Waals surface area (Å²) >= 11 is 0. The third-order valence-corrected chi connectivity index (χ3v) is 13.2. The number of hydrogen-bond donors (Lipinski definition) is 0. The molecule has 0 aromatic carbocycles. The quantitative estimate of drug-likeness (QED) is 0.0261. The van der Waals surface area contributed by atoms with Crippen molar-refractivity contribution in [1.82, 2.24) is 0 Å². The van der Waals surface area contributed by atoms with Crippen molar-refractivity contribution >= 4 is 17.9 Å². The highest BCUT2D eigenvalue weighted by molar-refractivity contribution is 5.71. The van der Waals surface area contributed by atoms with E-state index in [0.29, 0.717) is 19.3 Å². The first kappa shape index (κ1) is 71.1. The van der Waals surface area contributed by atoms with Gasteiger partial charge in [-0.3, -0.25) is 14.4 Å². The molecule has 0 rings (SSSR count). The Morgan fingerprint density at radius 3 is 0.880 bits per heavy atom. The molecule has 0 bridgehead atoms. The molecule has 1 atom stereocenters. The molecule has 428 valence electrons. The van der Waals surface area contributed by atoms with Crippen molar-refractivity contribution in [3.05, 3.63) is 109 Å². The zero-order valence-electron chi connectivity index (χ0n) is 49.0. The first-order valence-electron chi connectivity index (χ1n) is 31.4. The molecule has 0 radical (unpaired) electrons. The van der Waals surface area contributed by atoms with Gasteiger partial charge in [-0.05, 0) is 128 Å².